The highest BCUT2D eigenvalue weighted by Gasteiger charge is 2.16. The van der Waals surface area contributed by atoms with Crippen LogP contribution in [0.3, 0.4) is 0 Å². The van der Waals surface area contributed by atoms with Crippen molar-refractivity contribution in [3.63, 3.8) is 0 Å². The fraction of sp³-hybridized carbons (Fsp3) is 0.294. The number of para-hydroxylation sites is 1. The van der Waals surface area contributed by atoms with E-state index in [0.29, 0.717) is 6.73 Å². The van der Waals surface area contributed by atoms with Gasteiger partial charge in [0, 0.05) is 19.6 Å². The van der Waals surface area contributed by atoms with Gasteiger partial charge in [-0.05, 0) is 24.6 Å². The molecule has 2 aromatic carbocycles. The molecule has 0 unspecified atom stereocenters. The molecule has 0 amide bonds. The van der Waals surface area contributed by atoms with Crippen LogP contribution in [0.2, 0.25) is 0 Å². The molecular weight excluding hydrogens is 266 g/mol. The fourth-order valence-corrected chi connectivity index (χ4v) is 2.78. The third kappa shape index (κ3) is 2.26. The number of fused-ring (bicyclic) bond motifs is 3. The van der Waals surface area contributed by atoms with Gasteiger partial charge in [0.15, 0.2) is 6.79 Å². The van der Waals surface area contributed by atoms with Crippen molar-refractivity contribution in [1.82, 2.24) is 4.57 Å². The highest BCUT2D eigenvalue weighted by Crippen LogP contribution is 2.37. The second-order valence-electron chi connectivity index (χ2n) is 5.02. The summed E-state index contributed by atoms with van der Waals surface area (Å²) in [6.07, 6.45) is 0. The predicted octanol–water partition coefficient (Wildman–Crippen LogP) is 3.69. The first-order valence-corrected chi connectivity index (χ1v) is 6.89. The van der Waals surface area contributed by atoms with Gasteiger partial charge >= 0.3 is 0 Å². The summed E-state index contributed by atoms with van der Waals surface area (Å²) >= 11 is 0. The number of benzene rings is 2. The largest absolute Gasteiger partial charge is 0.467 e. The minimum atomic E-state index is 0.240. The van der Waals surface area contributed by atoms with Crippen molar-refractivity contribution >= 4 is 21.8 Å². The van der Waals surface area contributed by atoms with E-state index in [0.717, 1.165) is 27.7 Å². The quantitative estimate of drug-likeness (QED) is 0.670. The number of nitrogens with zero attached hydrogens (tertiary/aromatic N) is 1. The third-order valence-electron chi connectivity index (χ3n) is 3.67. The van der Waals surface area contributed by atoms with Crippen molar-refractivity contribution in [2.45, 2.75) is 13.7 Å². The van der Waals surface area contributed by atoms with E-state index in [1.807, 2.05) is 19.1 Å². The molecule has 0 aliphatic heterocycles. The van der Waals surface area contributed by atoms with Crippen LogP contribution in [-0.2, 0) is 16.2 Å². The lowest BCUT2D eigenvalue weighted by Crippen LogP contribution is -2.02. The summed E-state index contributed by atoms with van der Waals surface area (Å²) in [5.74, 6) is 0.875. The SMILES string of the molecule is COCOc1c(C)ccc2c1c1ccccc1n2COC. The molecule has 0 aliphatic carbocycles. The lowest BCUT2D eigenvalue weighted by atomic mass is 10.1. The van der Waals surface area contributed by atoms with Crippen LogP contribution in [0.5, 0.6) is 5.75 Å². The molecule has 0 spiro atoms. The summed E-state index contributed by atoms with van der Waals surface area (Å²) in [5.41, 5.74) is 3.34. The van der Waals surface area contributed by atoms with Crippen molar-refractivity contribution < 1.29 is 14.2 Å². The van der Waals surface area contributed by atoms with Crippen molar-refractivity contribution in [3.05, 3.63) is 42.0 Å². The number of rotatable bonds is 5. The van der Waals surface area contributed by atoms with Gasteiger partial charge in [0.2, 0.25) is 0 Å². The molecule has 1 heterocycles. The first-order valence-electron chi connectivity index (χ1n) is 6.89. The second-order valence-corrected chi connectivity index (χ2v) is 5.02. The van der Waals surface area contributed by atoms with Crippen molar-refractivity contribution in [2.24, 2.45) is 0 Å². The summed E-state index contributed by atoms with van der Waals surface area (Å²) in [4.78, 5) is 0. The molecule has 0 aliphatic rings. The summed E-state index contributed by atoms with van der Waals surface area (Å²) in [6, 6.07) is 12.5. The summed E-state index contributed by atoms with van der Waals surface area (Å²) in [6.45, 7) is 2.80. The molecule has 0 saturated carbocycles. The number of hydrogen-bond acceptors (Lipinski definition) is 3. The van der Waals surface area contributed by atoms with Crippen molar-refractivity contribution in [1.29, 1.82) is 0 Å². The van der Waals surface area contributed by atoms with Crippen molar-refractivity contribution in [2.75, 3.05) is 21.0 Å². The van der Waals surface area contributed by atoms with Gasteiger partial charge in [-0.15, -0.1) is 0 Å². The molecule has 0 radical (unpaired) electrons. The zero-order chi connectivity index (χ0) is 14.8. The Hall–Kier alpha value is -2.04. The molecule has 0 N–H and O–H groups in total. The predicted molar refractivity (Wildman–Crippen MR) is 83.7 cm³/mol. The Kier molecular flexibility index (Phi) is 3.82. The van der Waals surface area contributed by atoms with Crippen LogP contribution >= 0.6 is 0 Å². The molecule has 4 heteroatoms. The standard InChI is InChI=1S/C17H19NO3/c1-12-8-9-15-16(17(12)21-11-20-3)13-6-4-5-7-14(13)18(15)10-19-2/h4-9H,10-11H2,1-3H3. The molecule has 0 atom stereocenters. The zero-order valence-electron chi connectivity index (χ0n) is 12.6. The molecule has 0 fully saturated rings. The Morgan fingerprint density at radius 1 is 0.952 bits per heavy atom. The Labute approximate surface area is 123 Å². The topological polar surface area (TPSA) is 32.6 Å². The Bertz CT molecular complexity index is 776. The highest BCUT2D eigenvalue weighted by atomic mass is 16.7. The Morgan fingerprint density at radius 2 is 1.76 bits per heavy atom. The minimum absolute atomic E-state index is 0.240. The molecular formula is C17H19NO3. The Morgan fingerprint density at radius 3 is 2.52 bits per heavy atom. The summed E-state index contributed by atoms with van der Waals surface area (Å²) in [7, 11) is 3.33. The van der Waals surface area contributed by atoms with E-state index in [-0.39, 0.29) is 6.79 Å². The van der Waals surface area contributed by atoms with Crippen LogP contribution in [0.4, 0.5) is 0 Å². The first-order chi connectivity index (χ1) is 10.3. The molecule has 1 aromatic heterocycles. The van der Waals surface area contributed by atoms with E-state index in [1.54, 1.807) is 14.2 Å². The maximum absolute atomic E-state index is 5.82. The number of methoxy groups -OCH3 is 2. The van der Waals surface area contributed by atoms with Crippen LogP contribution in [0, 0.1) is 6.92 Å². The molecule has 21 heavy (non-hydrogen) atoms. The highest BCUT2D eigenvalue weighted by molar-refractivity contribution is 6.11. The maximum Gasteiger partial charge on any atom is 0.188 e. The van der Waals surface area contributed by atoms with E-state index >= 15 is 0 Å². The van der Waals surface area contributed by atoms with Crippen LogP contribution in [-0.4, -0.2) is 25.6 Å². The maximum atomic E-state index is 5.82. The smallest absolute Gasteiger partial charge is 0.188 e. The van der Waals surface area contributed by atoms with Gasteiger partial charge in [0.1, 0.15) is 12.5 Å². The van der Waals surface area contributed by atoms with E-state index in [2.05, 4.69) is 28.8 Å². The Balaban J connectivity index is 2.36. The number of aryl methyl sites for hydroxylation is 1. The first kappa shape index (κ1) is 13.9. The zero-order valence-corrected chi connectivity index (χ0v) is 12.6. The second kappa shape index (κ2) is 5.76. The molecule has 3 rings (SSSR count). The van der Waals surface area contributed by atoms with Crippen LogP contribution < -0.4 is 4.74 Å². The molecule has 0 bridgehead atoms. The third-order valence-corrected chi connectivity index (χ3v) is 3.67. The van der Waals surface area contributed by atoms with Gasteiger partial charge in [-0.1, -0.05) is 24.3 Å². The molecule has 0 saturated heterocycles. The molecule has 3 aromatic rings. The summed E-state index contributed by atoms with van der Waals surface area (Å²) in [5, 5.41) is 2.28. The normalized spacial score (nSPS) is 11.4. The lowest BCUT2D eigenvalue weighted by Gasteiger charge is -2.11. The average molecular weight is 285 g/mol. The van der Waals surface area contributed by atoms with Gasteiger partial charge in [-0.2, -0.15) is 0 Å². The monoisotopic (exact) mass is 285 g/mol. The van der Waals surface area contributed by atoms with Gasteiger partial charge in [0.05, 0.1) is 16.4 Å². The molecule has 110 valence electrons. The minimum Gasteiger partial charge on any atom is -0.467 e. The summed E-state index contributed by atoms with van der Waals surface area (Å²) < 4.78 is 18.4. The average Bonchev–Trinajstić information content (AvgIpc) is 2.82. The van der Waals surface area contributed by atoms with Gasteiger partial charge in [0.25, 0.3) is 0 Å². The van der Waals surface area contributed by atoms with E-state index < -0.39 is 0 Å². The van der Waals surface area contributed by atoms with Gasteiger partial charge in [-0.25, -0.2) is 0 Å². The van der Waals surface area contributed by atoms with E-state index in [4.69, 9.17) is 14.2 Å². The van der Waals surface area contributed by atoms with Gasteiger partial charge in [-0.3, -0.25) is 0 Å². The number of aromatic nitrogens is 1. The van der Waals surface area contributed by atoms with Gasteiger partial charge < -0.3 is 18.8 Å². The number of hydrogen-bond donors (Lipinski definition) is 0. The van der Waals surface area contributed by atoms with Crippen molar-refractivity contribution in [3.8, 4) is 5.75 Å². The van der Waals surface area contributed by atoms with E-state index in [1.165, 1.54) is 5.39 Å². The molecule has 4 nitrogen and oxygen atoms in total. The lowest BCUT2D eigenvalue weighted by molar-refractivity contribution is 0.0518. The fourth-order valence-electron chi connectivity index (χ4n) is 2.78. The van der Waals surface area contributed by atoms with Crippen LogP contribution in [0.25, 0.3) is 21.8 Å². The number of ether oxygens (including phenoxy) is 3. The van der Waals surface area contributed by atoms with Crippen LogP contribution in [0.1, 0.15) is 5.56 Å². The van der Waals surface area contributed by atoms with E-state index in [9.17, 15) is 0 Å². The van der Waals surface area contributed by atoms with Crippen LogP contribution in [0.15, 0.2) is 36.4 Å².